The van der Waals surface area contributed by atoms with Crippen LogP contribution in [0.15, 0.2) is 18.2 Å². The number of nitrogens with one attached hydrogen (secondary N) is 1. The van der Waals surface area contributed by atoms with Crippen molar-refractivity contribution in [1.29, 1.82) is 0 Å². The molecule has 0 aliphatic rings. The van der Waals surface area contributed by atoms with E-state index in [1.807, 2.05) is 0 Å². The Kier molecular flexibility index (Phi) is 9.63. The Bertz CT molecular complexity index is 1220. The quantitative estimate of drug-likeness (QED) is 0.105. The lowest BCUT2D eigenvalue weighted by molar-refractivity contribution is -0.461. The Morgan fingerprint density at radius 3 is 1.30 bits per heavy atom. The molecule has 25 heteroatoms. The first kappa shape index (κ1) is 37.3. The number of non-ortho nitro benzene ring substituents is 2. The molecule has 246 valence electrons. The van der Waals surface area contributed by atoms with Crippen LogP contribution >= 0.6 is 0 Å². The summed E-state index contributed by atoms with van der Waals surface area (Å²) in [5, 5.41) is 23.1. The monoisotopic (exact) mass is 671 g/mol. The molecule has 0 aliphatic heterocycles. The third kappa shape index (κ3) is 6.05. The van der Waals surface area contributed by atoms with Crippen molar-refractivity contribution in [2.75, 3.05) is 6.54 Å². The summed E-state index contributed by atoms with van der Waals surface area (Å²) in [5.41, 5.74) is -3.10. The number of hydrogen-bond donors (Lipinski definition) is 1. The van der Waals surface area contributed by atoms with Crippen LogP contribution in [-0.2, 0) is 0 Å². The van der Waals surface area contributed by atoms with Crippen LogP contribution in [0.1, 0.15) is 23.2 Å². The van der Waals surface area contributed by atoms with Crippen LogP contribution in [0.3, 0.4) is 0 Å². The van der Waals surface area contributed by atoms with Crippen LogP contribution in [0.25, 0.3) is 0 Å². The Morgan fingerprint density at radius 2 is 0.953 bits per heavy atom. The lowest BCUT2D eigenvalue weighted by Crippen LogP contribution is -2.74. The summed E-state index contributed by atoms with van der Waals surface area (Å²) >= 11 is 0. The number of nitro benzene ring substituents is 2. The molecular weight excluding hydrogens is 661 g/mol. The summed E-state index contributed by atoms with van der Waals surface area (Å²) < 4.78 is 225. The predicted octanol–water partition coefficient (Wildman–Crippen LogP) is 7.02. The van der Waals surface area contributed by atoms with Gasteiger partial charge in [0, 0.05) is 25.1 Å². The van der Waals surface area contributed by atoms with E-state index >= 15 is 0 Å². The topological polar surface area (TPSA) is 115 Å². The van der Waals surface area contributed by atoms with Gasteiger partial charge in [-0.1, -0.05) is 0 Å². The molecule has 1 amide bonds. The molecular formula is C18H10F17N3O5. The highest BCUT2D eigenvalue weighted by Gasteiger charge is 2.95. The number of halogens is 17. The van der Waals surface area contributed by atoms with Crippen molar-refractivity contribution in [1.82, 2.24) is 5.32 Å². The average molecular weight is 671 g/mol. The number of alkyl halides is 17. The maximum Gasteiger partial charge on any atom is 0.460 e. The third-order valence-electron chi connectivity index (χ3n) is 5.33. The molecule has 0 radical (unpaired) electrons. The minimum atomic E-state index is -8.75. The van der Waals surface area contributed by atoms with Crippen LogP contribution < -0.4 is 5.32 Å². The molecule has 1 rings (SSSR count). The smallest absolute Gasteiger partial charge is 0.352 e. The largest absolute Gasteiger partial charge is 0.460 e. The maximum atomic E-state index is 13.9. The Balaban J connectivity index is 3.22. The van der Waals surface area contributed by atoms with Crippen LogP contribution in [0.2, 0.25) is 0 Å². The van der Waals surface area contributed by atoms with Gasteiger partial charge in [0.15, 0.2) is 0 Å². The zero-order valence-electron chi connectivity index (χ0n) is 19.7. The van der Waals surface area contributed by atoms with Gasteiger partial charge in [0.05, 0.1) is 21.5 Å². The molecule has 0 saturated carbocycles. The van der Waals surface area contributed by atoms with Gasteiger partial charge in [-0.2, -0.15) is 74.6 Å². The lowest BCUT2D eigenvalue weighted by Gasteiger charge is -2.42. The number of carbonyl (C=O) groups is 1. The molecule has 0 saturated heterocycles. The number of nitro groups is 2. The molecule has 0 spiro atoms. The number of hydrogen-bond acceptors (Lipinski definition) is 5. The van der Waals surface area contributed by atoms with E-state index in [-0.39, 0.29) is 0 Å². The van der Waals surface area contributed by atoms with E-state index in [0.717, 1.165) is 0 Å². The molecule has 43 heavy (non-hydrogen) atoms. The molecule has 8 nitrogen and oxygen atoms in total. The zero-order valence-corrected chi connectivity index (χ0v) is 19.7. The SMILES string of the molecule is O=C(NCCCC(F)(F)C(F)(F)C(F)(F)C(F)(F)C(F)(F)C(F)(F)C(F)(F)C(F)(F)F)c1cc([N+](=O)[O-])cc([N+](=O)[O-])c1. The van der Waals surface area contributed by atoms with Crippen LogP contribution in [0.5, 0.6) is 0 Å². The number of nitrogens with zero attached hydrogens (tertiary/aromatic N) is 2. The minimum absolute atomic E-state index is 0.346. The van der Waals surface area contributed by atoms with Gasteiger partial charge < -0.3 is 5.32 Å². The normalized spacial score (nSPS) is 14.4. The van der Waals surface area contributed by atoms with Crippen molar-refractivity contribution in [3.63, 3.8) is 0 Å². The molecule has 0 aromatic heterocycles. The fourth-order valence-electron chi connectivity index (χ4n) is 2.90. The van der Waals surface area contributed by atoms with E-state index in [4.69, 9.17) is 0 Å². The third-order valence-corrected chi connectivity index (χ3v) is 5.33. The van der Waals surface area contributed by atoms with Gasteiger partial charge in [0.2, 0.25) is 0 Å². The summed E-state index contributed by atoms with van der Waals surface area (Å²) in [7, 11) is 0. The molecule has 0 aliphatic carbocycles. The van der Waals surface area contributed by atoms with E-state index < -0.39 is 99.7 Å². The van der Waals surface area contributed by atoms with Crippen molar-refractivity contribution in [2.45, 2.75) is 60.5 Å². The van der Waals surface area contributed by atoms with Crippen molar-refractivity contribution >= 4 is 17.3 Å². The number of benzene rings is 1. The van der Waals surface area contributed by atoms with E-state index in [1.54, 1.807) is 0 Å². The van der Waals surface area contributed by atoms with E-state index in [9.17, 15) is 99.7 Å². The summed E-state index contributed by atoms with van der Waals surface area (Å²) in [6.45, 7) is -1.38. The Hall–Kier alpha value is -3.70. The van der Waals surface area contributed by atoms with E-state index in [0.29, 0.717) is 18.2 Å². The standard InChI is InChI=1S/C18H10F17N3O5/c19-11(20,2-1-3-36-10(39)7-4-8(37(40)41)6-9(5-7)38(42)43)12(21,22)13(23,24)14(25,26)15(27,28)16(29,30)17(31,32)18(33,34)35/h4-6H,1-3H2,(H,36,39). The average Bonchev–Trinajstić information content (AvgIpc) is 2.84. The van der Waals surface area contributed by atoms with E-state index in [2.05, 4.69) is 0 Å². The molecule has 0 unspecified atom stereocenters. The second-order valence-electron chi connectivity index (χ2n) is 8.26. The van der Waals surface area contributed by atoms with Crippen LogP contribution in [0, 0.1) is 20.2 Å². The first-order valence-corrected chi connectivity index (χ1v) is 10.3. The molecule has 0 fully saturated rings. The van der Waals surface area contributed by atoms with Gasteiger partial charge in [-0.3, -0.25) is 25.0 Å². The number of carbonyl (C=O) groups excluding carboxylic acids is 1. The van der Waals surface area contributed by atoms with Gasteiger partial charge in [-0.25, -0.2) is 0 Å². The highest BCUT2D eigenvalue weighted by Crippen LogP contribution is 2.64. The highest BCUT2D eigenvalue weighted by atomic mass is 19.4. The summed E-state index contributed by atoms with van der Waals surface area (Å²) in [6.07, 6.45) is -12.4. The molecule has 1 aromatic carbocycles. The fraction of sp³-hybridized carbons (Fsp3) is 0.611. The summed E-state index contributed by atoms with van der Waals surface area (Å²) in [5.74, 6) is -58.9. The van der Waals surface area contributed by atoms with Crippen molar-refractivity contribution in [2.24, 2.45) is 0 Å². The fourth-order valence-corrected chi connectivity index (χ4v) is 2.90. The molecule has 1 N–H and O–H groups in total. The first-order chi connectivity index (χ1) is 18.8. The van der Waals surface area contributed by atoms with Crippen LogP contribution in [0.4, 0.5) is 86.0 Å². The first-order valence-electron chi connectivity index (χ1n) is 10.3. The van der Waals surface area contributed by atoms with Crippen molar-refractivity contribution in [3.05, 3.63) is 44.0 Å². The molecule has 0 atom stereocenters. The van der Waals surface area contributed by atoms with Crippen molar-refractivity contribution in [3.8, 4) is 0 Å². The molecule has 1 aromatic rings. The molecule has 0 heterocycles. The Labute approximate surface area is 224 Å². The van der Waals surface area contributed by atoms with Crippen LogP contribution in [-0.4, -0.2) is 69.9 Å². The summed E-state index contributed by atoms with van der Waals surface area (Å²) in [6, 6.07) is 1.08. The van der Waals surface area contributed by atoms with Gasteiger partial charge in [0.25, 0.3) is 17.3 Å². The van der Waals surface area contributed by atoms with Gasteiger partial charge >= 0.3 is 47.6 Å². The van der Waals surface area contributed by atoms with Gasteiger partial charge in [-0.15, -0.1) is 0 Å². The second kappa shape index (κ2) is 11.1. The minimum Gasteiger partial charge on any atom is -0.352 e. The van der Waals surface area contributed by atoms with Crippen molar-refractivity contribution < 1.29 is 89.3 Å². The maximum absolute atomic E-state index is 13.9. The number of amides is 1. The van der Waals surface area contributed by atoms with Gasteiger partial charge in [-0.05, 0) is 6.42 Å². The number of rotatable bonds is 13. The zero-order chi connectivity index (χ0) is 34.4. The summed E-state index contributed by atoms with van der Waals surface area (Å²) in [4.78, 5) is 31.0. The molecule has 0 bridgehead atoms. The Morgan fingerprint density at radius 1 is 0.605 bits per heavy atom. The lowest BCUT2D eigenvalue weighted by atomic mass is 9.88. The van der Waals surface area contributed by atoms with Gasteiger partial charge in [0.1, 0.15) is 0 Å². The second-order valence-corrected chi connectivity index (χ2v) is 8.26. The highest BCUT2D eigenvalue weighted by molar-refractivity contribution is 5.95. The predicted molar refractivity (Wildman–Crippen MR) is 102 cm³/mol. The van der Waals surface area contributed by atoms with E-state index in [1.165, 1.54) is 5.32 Å².